The largest absolute Gasteiger partial charge is 0.356 e. The van der Waals surface area contributed by atoms with Crippen LogP contribution in [0.15, 0.2) is 22.8 Å². The number of halogens is 1. The van der Waals surface area contributed by atoms with Crippen molar-refractivity contribution in [2.45, 2.75) is 33.1 Å². The molecule has 0 radical (unpaired) electrons. The summed E-state index contributed by atoms with van der Waals surface area (Å²) < 4.78 is 1.11. The molecule has 1 aliphatic heterocycles. The van der Waals surface area contributed by atoms with Crippen molar-refractivity contribution in [1.29, 1.82) is 0 Å². The smallest absolute Gasteiger partial charge is 0.142 e. The molecule has 1 saturated heterocycles. The summed E-state index contributed by atoms with van der Waals surface area (Å²) in [6.07, 6.45) is 5.69. The lowest BCUT2D eigenvalue weighted by Gasteiger charge is -2.24. The van der Waals surface area contributed by atoms with E-state index in [1.807, 2.05) is 12.3 Å². The van der Waals surface area contributed by atoms with Gasteiger partial charge in [-0.3, -0.25) is 0 Å². The highest BCUT2D eigenvalue weighted by atomic mass is 79.9. The van der Waals surface area contributed by atoms with Crippen LogP contribution in [0.3, 0.4) is 0 Å². The first kappa shape index (κ1) is 11.9. The zero-order valence-electron chi connectivity index (χ0n) is 10.0. The lowest BCUT2D eigenvalue weighted by Crippen LogP contribution is -2.26. The minimum Gasteiger partial charge on any atom is -0.356 e. The maximum atomic E-state index is 4.47. The second-order valence-corrected chi connectivity index (χ2v) is 6.17. The summed E-state index contributed by atoms with van der Waals surface area (Å²) in [5.74, 6) is 1.10. The third kappa shape index (κ3) is 2.76. The van der Waals surface area contributed by atoms with E-state index < -0.39 is 0 Å². The molecule has 2 nitrogen and oxygen atoms in total. The highest BCUT2D eigenvalue weighted by Crippen LogP contribution is 2.32. The fourth-order valence-corrected chi connectivity index (χ4v) is 2.75. The Morgan fingerprint density at radius 2 is 2.12 bits per heavy atom. The highest BCUT2D eigenvalue weighted by Gasteiger charge is 2.24. The van der Waals surface area contributed by atoms with Crippen LogP contribution in [0.5, 0.6) is 0 Å². The Kier molecular flexibility index (Phi) is 3.53. The molecule has 88 valence electrons. The molecule has 2 heterocycles. The van der Waals surface area contributed by atoms with Crippen LogP contribution in [0, 0.1) is 5.41 Å². The van der Waals surface area contributed by atoms with Crippen LogP contribution in [0.25, 0.3) is 0 Å². The van der Waals surface area contributed by atoms with Gasteiger partial charge in [0.15, 0.2) is 0 Å². The average Bonchev–Trinajstić information content (AvgIpc) is 2.40. The topological polar surface area (TPSA) is 16.1 Å². The average molecular weight is 283 g/mol. The Bertz CT molecular complexity index is 363. The van der Waals surface area contributed by atoms with Crippen molar-refractivity contribution in [2.24, 2.45) is 5.41 Å². The molecule has 0 saturated carbocycles. The molecule has 0 aromatic carbocycles. The van der Waals surface area contributed by atoms with Crippen molar-refractivity contribution >= 4 is 21.7 Å². The van der Waals surface area contributed by atoms with Crippen LogP contribution in [-0.4, -0.2) is 18.1 Å². The normalized spacial score (nSPS) is 20.6. The van der Waals surface area contributed by atoms with Gasteiger partial charge in [-0.2, -0.15) is 0 Å². The van der Waals surface area contributed by atoms with Crippen molar-refractivity contribution in [3.05, 3.63) is 22.8 Å². The van der Waals surface area contributed by atoms with Gasteiger partial charge >= 0.3 is 0 Å². The Hall–Kier alpha value is -0.570. The summed E-state index contributed by atoms with van der Waals surface area (Å²) >= 11 is 3.58. The van der Waals surface area contributed by atoms with Crippen molar-refractivity contribution in [2.75, 3.05) is 18.0 Å². The molecular formula is C13H19BrN2. The molecule has 2 rings (SSSR count). The molecule has 0 aliphatic carbocycles. The van der Waals surface area contributed by atoms with E-state index in [0.29, 0.717) is 5.41 Å². The standard InChI is InChI=1S/C13H19BrN2/c1-13(2)6-4-9-16(10-7-13)12-11(14)5-3-8-15-12/h3,5,8H,4,6-7,9-10H2,1-2H3. The van der Waals surface area contributed by atoms with Crippen molar-refractivity contribution in [3.8, 4) is 0 Å². The molecule has 1 aromatic rings. The molecule has 0 amide bonds. The van der Waals surface area contributed by atoms with Crippen molar-refractivity contribution in [3.63, 3.8) is 0 Å². The van der Waals surface area contributed by atoms with Crippen molar-refractivity contribution in [1.82, 2.24) is 4.98 Å². The Balaban J connectivity index is 2.14. The molecule has 1 aromatic heterocycles. The van der Waals surface area contributed by atoms with Gasteiger partial charge in [-0.15, -0.1) is 0 Å². The minimum atomic E-state index is 0.482. The van der Waals surface area contributed by atoms with Gasteiger partial charge in [-0.1, -0.05) is 13.8 Å². The summed E-state index contributed by atoms with van der Waals surface area (Å²) in [4.78, 5) is 6.87. The number of hydrogen-bond donors (Lipinski definition) is 0. The van der Waals surface area contributed by atoms with Gasteiger partial charge in [0.05, 0.1) is 4.47 Å². The van der Waals surface area contributed by atoms with E-state index in [1.54, 1.807) is 0 Å². The van der Waals surface area contributed by atoms with Crippen LogP contribution in [0.1, 0.15) is 33.1 Å². The van der Waals surface area contributed by atoms with E-state index in [-0.39, 0.29) is 0 Å². The van der Waals surface area contributed by atoms with Crippen molar-refractivity contribution < 1.29 is 0 Å². The van der Waals surface area contributed by atoms with E-state index in [2.05, 4.69) is 45.7 Å². The summed E-state index contributed by atoms with van der Waals surface area (Å²) in [7, 11) is 0. The lowest BCUT2D eigenvalue weighted by molar-refractivity contribution is 0.325. The third-order valence-electron chi connectivity index (χ3n) is 3.38. The molecule has 1 aliphatic rings. The van der Waals surface area contributed by atoms with Gasteiger partial charge in [0.1, 0.15) is 5.82 Å². The molecule has 0 unspecified atom stereocenters. The van der Waals surface area contributed by atoms with E-state index >= 15 is 0 Å². The molecule has 0 bridgehead atoms. The second-order valence-electron chi connectivity index (χ2n) is 5.31. The maximum Gasteiger partial charge on any atom is 0.142 e. The molecule has 3 heteroatoms. The maximum absolute atomic E-state index is 4.47. The van der Waals surface area contributed by atoms with E-state index in [4.69, 9.17) is 0 Å². The number of rotatable bonds is 1. The number of nitrogens with zero attached hydrogens (tertiary/aromatic N) is 2. The zero-order valence-corrected chi connectivity index (χ0v) is 11.6. The van der Waals surface area contributed by atoms with Crippen LogP contribution in [0.2, 0.25) is 0 Å². The van der Waals surface area contributed by atoms with Crippen LogP contribution in [0.4, 0.5) is 5.82 Å². The summed E-state index contributed by atoms with van der Waals surface area (Å²) in [6, 6.07) is 4.04. The minimum absolute atomic E-state index is 0.482. The third-order valence-corrected chi connectivity index (χ3v) is 4.00. The Morgan fingerprint density at radius 3 is 2.88 bits per heavy atom. The number of pyridine rings is 1. The Labute approximate surface area is 106 Å². The predicted octanol–water partition coefficient (Wildman–Crippen LogP) is 3.86. The predicted molar refractivity (Wildman–Crippen MR) is 71.8 cm³/mol. The van der Waals surface area contributed by atoms with Gasteiger partial charge in [0, 0.05) is 19.3 Å². The summed E-state index contributed by atoms with van der Waals surface area (Å²) in [5, 5.41) is 0. The first-order valence-corrected chi connectivity index (χ1v) is 6.73. The molecule has 0 spiro atoms. The van der Waals surface area contributed by atoms with Crippen LogP contribution in [-0.2, 0) is 0 Å². The SMILES string of the molecule is CC1(C)CCCN(c2ncccc2Br)CC1. The van der Waals surface area contributed by atoms with Gasteiger partial charge < -0.3 is 4.90 Å². The number of anilines is 1. The molecular weight excluding hydrogens is 264 g/mol. The summed E-state index contributed by atoms with van der Waals surface area (Å²) in [5.41, 5.74) is 0.482. The van der Waals surface area contributed by atoms with Crippen LogP contribution >= 0.6 is 15.9 Å². The van der Waals surface area contributed by atoms with Gasteiger partial charge in [-0.05, 0) is 52.7 Å². The summed E-state index contributed by atoms with van der Waals surface area (Å²) in [6.45, 7) is 6.97. The zero-order chi connectivity index (χ0) is 11.6. The van der Waals surface area contributed by atoms with E-state index in [0.717, 1.165) is 23.4 Å². The fraction of sp³-hybridized carbons (Fsp3) is 0.615. The van der Waals surface area contributed by atoms with Crippen LogP contribution < -0.4 is 4.90 Å². The van der Waals surface area contributed by atoms with Gasteiger partial charge in [0.25, 0.3) is 0 Å². The van der Waals surface area contributed by atoms with Gasteiger partial charge in [0.2, 0.25) is 0 Å². The van der Waals surface area contributed by atoms with E-state index in [9.17, 15) is 0 Å². The fourth-order valence-electron chi connectivity index (χ4n) is 2.24. The number of hydrogen-bond acceptors (Lipinski definition) is 2. The van der Waals surface area contributed by atoms with Gasteiger partial charge in [-0.25, -0.2) is 4.98 Å². The number of aromatic nitrogens is 1. The lowest BCUT2D eigenvalue weighted by atomic mass is 9.85. The molecule has 0 N–H and O–H groups in total. The molecule has 0 atom stereocenters. The second kappa shape index (κ2) is 4.74. The van der Waals surface area contributed by atoms with E-state index in [1.165, 1.54) is 19.3 Å². The first-order chi connectivity index (χ1) is 7.58. The molecule has 1 fully saturated rings. The monoisotopic (exact) mass is 282 g/mol. The highest BCUT2D eigenvalue weighted by molar-refractivity contribution is 9.10. The quantitative estimate of drug-likeness (QED) is 0.778. The Morgan fingerprint density at radius 1 is 1.31 bits per heavy atom. The molecule has 16 heavy (non-hydrogen) atoms. The first-order valence-electron chi connectivity index (χ1n) is 5.94.